The first-order valence-corrected chi connectivity index (χ1v) is 9.03. The predicted molar refractivity (Wildman–Crippen MR) is 104 cm³/mol. The third-order valence-corrected chi connectivity index (χ3v) is 4.65. The summed E-state index contributed by atoms with van der Waals surface area (Å²) in [4.78, 5) is 28.4. The lowest BCUT2D eigenvalue weighted by molar-refractivity contribution is -0.119. The molecule has 1 aliphatic heterocycles. The Bertz CT molecular complexity index is 889. The molecule has 0 saturated carbocycles. The number of pyridine rings is 1. The number of hydrogen-bond donors (Lipinski definition) is 1. The number of cyclic esters (lactones) is 1. The maximum absolute atomic E-state index is 14.5. The number of ether oxygens (including phenoxy) is 1. The highest BCUT2D eigenvalue weighted by Gasteiger charge is 2.32. The largest absolute Gasteiger partial charge is 0.442 e. The summed E-state index contributed by atoms with van der Waals surface area (Å²) in [7, 11) is 0. The van der Waals surface area contributed by atoms with Crippen LogP contribution in [0, 0.1) is 5.82 Å². The zero-order chi connectivity index (χ0) is 19.4. The first-order valence-electron chi connectivity index (χ1n) is 8.24. The summed E-state index contributed by atoms with van der Waals surface area (Å²) in [5.74, 6) is -0.669. The third-order valence-electron chi connectivity index (χ3n) is 3.97. The van der Waals surface area contributed by atoms with Crippen LogP contribution in [0.4, 0.5) is 14.9 Å². The number of nitrogens with zero attached hydrogens (tertiary/aromatic N) is 2. The Morgan fingerprint density at radius 1 is 1.48 bits per heavy atom. The maximum Gasteiger partial charge on any atom is 0.414 e. The molecule has 0 aliphatic carbocycles. The summed E-state index contributed by atoms with van der Waals surface area (Å²) in [5, 5.41) is 2.60. The molecular formula is C19H17BrFN3O3. The molecule has 2 amide bonds. The fourth-order valence-electron chi connectivity index (χ4n) is 2.62. The van der Waals surface area contributed by atoms with E-state index in [1.807, 2.05) is 6.07 Å². The molecule has 1 saturated heterocycles. The van der Waals surface area contributed by atoms with Crippen LogP contribution in [0.25, 0.3) is 10.6 Å². The molecule has 140 valence electrons. The molecule has 2 aromatic rings. The summed E-state index contributed by atoms with van der Waals surface area (Å²) >= 11 is 3.42. The van der Waals surface area contributed by atoms with Crippen LogP contribution < -0.4 is 10.2 Å². The average Bonchev–Trinajstić information content (AvgIpc) is 3.03. The first-order chi connectivity index (χ1) is 12.9. The van der Waals surface area contributed by atoms with Crippen LogP contribution in [-0.2, 0) is 9.53 Å². The van der Waals surface area contributed by atoms with Gasteiger partial charge in [-0.05, 0) is 30.3 Å². The van der Waals surface area contributed by atoms with Gasteiger partial charge in [-0.25, -0.2) is 9.18 Å². The van der Waals surface area contributed by atoms with Crippen molar-refractivity contribution in [3.05, 3.63) is 59.7 Å². The van der Waals surface area contributed by atoms with Gasteiger partial charge in [0.25, 0.3) is 0 Å². The van der Waals surface area contributed by atoms with Crippen LogP contribution >= 0.6 is 15.9 Å². The summed E-state index contributed by atoms with van der Waals surface area (Å²) in [6.45, 7) is 1.85. The number of anilines is 1. The van der Waals surface area contributed by atoms with Crippen molar-refractivity contribution in [2.75, 3.05) is 18.0 Å². The normalized spacial score (nSPS) is 17.0. The van der Waals surface area contributed by atoms with Crippen LogP contribution in [0.15, 0.2) is 42.7 Å². The topological polar surface area (TPSA) is 71.5 Å². The Kier molecular flexibility index (Phi) is 5.85. The summed E-state index contributed by atoms with van der Waals surface area (Å²) in [6, 6.07) is 8.18. The Labute approximate surface area is 164 Å². The Morgan fingerprint density at radius 3 is 2.96 bits per heavy atom. The highest BCUT2D eigenvalue weighted by molar-refractivity contribution is 9.15. The monoisotopic (exact) mass is 433 g/mol. The first kappa shape index (κ1) is 19.0. The number of amides is 2. The van der Waals surface area contributed by atoms with Crippen molar-refractivity contribution in [2.45, 2.75) is 13.0 Å². The second-order valence-electron chi connectivity index (χ2n) is 5.99. The molecule has 1 N–H and O–H groups in total. The van der Waals surface area contributed by atoms with E-state index in [0.29, 0.717) is 15.7 Å². The predicted octanol–water partition coefficient (Wildman–Crippen LogP) is 3.58. The molecule has 27 heavy (non-hydrogen) atoms. The molecule has 1 fully saturated rings. The minimum Gasteiger partial charge on any atom is -0.442 e. The van der Waals surface area contributed by atoms with Crippen molar-refractivity contribution >= 4 is 44.2 Å². The lowest BCUT2D eigenvalue weighted by Gasteiger charge is -2.14. The van der Waals surface area contributed by atoms with Crippen molar-refractivity contribution in [3.8, 4) is 0 Å². The molecule has 2 heterocycles. The van der Waals surface area contributed by atoms with Gasteiger partial charge in [-0.15, -0.1) is 0 Å². The molecule has 1 aliphatic rings. The van der Waals surface area contributed by atoms with Crippen LogP contribution in [0.1, 0.15) is 18.1 Å². The van der Waals surface area contributed by atoms with Crippen molar-refractivity contribution in [1.29, 1.82) is 0 Å². The Balaban J connectivity index is 1.75. The highest BCUT2D eigenvalue weighted by atomic mass is 79.9. The van der Waals surface area contributed by atoms with Crippen molar-refractivity contribution in [3.63, 3.8) is 0 Å². The van der Waals surface area contributed by atoms with E-state index >= 15 is 0 Å². The van der Waals surface area contributed by atoms with Gasteiger partial charge in [-0.1, -0.05) is 22.0 Å². The quantitative estimate of drug-likeness (QED) is 0.781. The molecular weight excluding hydrogens is 417 g/mol. The molecule has 0 bridgehead atoms. The van der Waals surface area contributed by atoms with Crippen LogP contribution in [0.5, 0.6) is 0 Å². The van der Waals surface area contributed by atoms with Crippen molar-refractivity contribution < 1.29 is 18.7 Å². The second kappa shape index (κ2) is 8.30. The zero-order valence-corrected chi connectivity index (χ0v) is 16.1. The van der Waals surface area contributed by atoms with Crippen LogP contribution in [0.3, 0.4) is 0 Å². The summed E-state index contributed by atoms with van der Waals surface area (Å²) in [5.41, 5.74) is 1.60. The van der Waals surface area contributed by atoms with Gasteiger partial charge in [0, 0.05) is 34.9 Å². The van der Waals surface area contributed by atoms with Crippen LogP contribution in [-0.4, -0.2) is 36.2 Å². The van der Waals surface area contributed by atoms with Gasteiger partial charge >= 0.3 is 6.09 Å². The lowest BCUT2D eigenvalue weighted by Crippen LogP contribution is -2.33. The molecule has 1 aromatic carbocycles. The van der Waals surface area contributed by atoms with E-state index in [0.717, 1.165) is 5.56 Å². The van der Waals surface area contributed by atoms with Gasteiger partial charge in [-0.2, -0.15) is 0 Å². The average molecular weight is 434 g/mol. The smallest absolute Gasteiger partial charge is 0.414 e. The lowest BCUT2D eigenvalue weighted by atomic mass is 10.1. The number of aromatic nitrogens is 1. The zero-order valence-electron chi connectivity index (χ0n) is 14.5. The van der Waals surface area contributed by atoms with E-state index in [-0.39, 0.29) is 19.0 Å². The van der Waals surface area contributed by atoms with E-state index in [4.69, 9.17) is 4.74 Å². The standard InChI is InChI=1S/C19H17BrFN3O3/c1-12(25)23-10-16-11-24(19(26)27-16)15-5-4-13(18(21)8-15)7-17(20)14-3-2-6-22-9-14/h2-9,16H,10-11H2,1H3,(H,23,25)/b17-7-/t16-/m0/s1. The molecule has 0 unspecified atom stereocenters. The minimum atomic E-state index is -0.565. The van der Waals surface area contributed by atoms with E-state index in [1.54, 1.807) is 36.7 Å². The number of benzene rings is 1. The minimum absolute atomic E-state index is 0.203. The molecule has 1 aromatic heterocycles. The summed E-state index contributed by atoms with van der Waals surface area (Å²) < 4.78 is 20.4. The molecule has 6 nitrogen and oxygen atoms in total. The van der Waals surface area contributed by atoms with Gasteiger partial charge in [0.1, 0.15) is 11.9 Å². The Hall–Kier alpha value is -2.74. The SMILES string of the molecule is CC(=O)NC[C@H]1CN(c2ccc(/C=C(\Br)c3cccnc3)c(F)c2)C(=O)O1. The van der Waals surface area contributed by atoms with Gasteiger partial charge < -0.3 is 10.1 Å². The molecule has 8 heteroatoms. The Morgan fingerprint density at radius 2 is 2.30 bits per heavy atom. The van der Waals surface area contributed by atoms with Crippen molar-refractivity contribution in [2.24, 2.45) is 0 Å². The fraction of sp³-hybridized carbons (Fsp3) is 0.211. The molecule has 1 atom stereocenters. The maximum atomic E-state index is 14.5. The number of carbonyl (C=O) groups is 2. The van der Waals surface area contributed by atoms with Gasteiger partial charge in [0.2, 0.25) is 5.91 Å². The van der Waals surface area contributed by atoms with Gasteiger partial charge in [0.05, 0.1) is 18.8 Å². The molecule has 0 spiro atoms. The summed E-state index contributed by atoms with van der Waals surface area (Å²) in [6.07, 6.45) is 3.95. The molecule has 0 radical (unpaired) electrons. The van der Waals surface area contributed by atoms with Gasteiger partial charge in [0.15, 0.2) is 0 Å². The van der Waals surface area contributed by atoms with E-state index < -0.39 is 18.0 Å². The number of hydrogen-bond acceptors (Lipinski definition) is 4. The van der Waals surface area contributed by atoms with E-state index in [1.165, 1.54) is 17.9 Å². The van der Waals surface area contributed by atoms with Crippen LogP contribution in [0.2, 0.25) is 0 Å². The van der Waals surface area contributed by atoms with E-state index in [2.05, 4.69) is 26.2 Å². The van der Waals surface area contributed by atoms with Gasteiger partial charge in [-0.3, -0.25) is 14.7 Å². The fourth-order valence-corrected chi connectivity index (χ4v) is 3.10. The second-order valence-corrected chi connectivity index (χ2v) is 6.85. The number of nitrogens with one attached hydrogen (secondary N) is 1. The van der Waals surface area contributed by atoms with Crippen molar-refractivity contribution in [1.82, 2.24) is 10.3 Å². The van der Waals surface area contributed by atoms with E-state index in [9.17, 15) is 14.0 Å². The highest BCUT2D eigenvalue weighted by Crippen LogP contribution is 2.28. The number of rotatable bonds is 5. The third kappa shape index (κ3) is 4.71. The number of halogens is 2. The molecule has 3 rings (SSSR count). The number of carbonyl (C=O) groups excluding carboxylic acids is 2.